The summed E-state index contributed by atoms with van der Waals surface area (Å²) in [4.78, 5) is 0. The van der Waals surface area contributed by atoms with Crippen LogP contribution in [0, 0.1) is 0 Å². The van der Waals surface area contributed by atoms with Gasteiger partial charge in [-0.15, -0.1) is 0 Å². The summed E-state index contributed by atoms with van der Waals surface area (Å²) in [5.74, 6) is 0. The van der Waals surface area contributed by atoms with Gasteiger partial charge in [-0.3, -0.25) is 0 Å². The highest BCUT2D eigenvalue weighted by atomic mass is 16.3. The summed E-state index contributed by atoms with van der Waals surface area (Å²) in [5, 5.41) is 9.46. The maximum Gasteiger partial charge on any atom is 0.0750 e. The van der Waals surface area contributed by atoms with E-state index in [1.165, 1.54) is 0 Å². The highest BCUT2D eigenvalue weighted by molar-refractivity contribution is 5.14. The predicted molar refractivity (Wildman–Crippen MR) is 49.5 cm³/mol. The average Bonchev–Trinajstić information content (AvgIpc) is 2.03. The number of hydrogen-bond donors (Lipinski definition) is 1. The Hall–Kier alpha value is -0.560. The van der Waals surface area contributed by atoms with Crippen LogP contribution in [-0.4, -0.2) is 11.2 Å². The van der Waals surface area contributed by atoms with Crippen LogP contribution in [0.25, 0.3) is 0 Å². The van der Waals surface area contributed by atoms with Crippen molar-refractivity contribution < 1.29 is 5.11 Å². The lowest BCUT2D eigenvalue weighted by Gasteiger charge is -2.10. The summed E-state index contributed by atoms with van der Waals surface area (Å²) in [6.07, 6.45) is 6.23. The zero-order valence-corrected chi connectivity index (χ0v) is 7.51. The van der Waals surface area contributed by atoms with Gasteiger partial charge in [-0.2, -0.15) is 0 Å². The maximum atomic E-state index is 9.46. The third-order valence-corrected chi connectivity index (χ3v) is 1.69. The summed E-state index contributed by atoms with van der Waals surface area (Å²) in [6.45, 7) is 7.71. The molecule has 0 bridgehead atoms. The van der Waals surface area contributed by atoms with Crippen LogP contribution in [0.3, 0.4) is 0 Å². The molecule has 0 amide bonds. The van der Waals surface area contributed by atoms with Gasteiger partial charge in [-0.05, 0) is 18.4 Å². The lowest BCUT2D eigenvalue weighted by molar-refractivity contribution is 0.202. The standard InChI is InChI=1S/C10H18O/c1-4-7-9(8-5-2)10(11)6-3/h4,7,10-11H,1,5-6,8H2,2-3H3/b9-7+. The van der Waals surface area contributed by atoms with Crippen LogP contribution < -0.4 is 0 Å². The first kappa shape index (κ1) is 10.4. The maximum absolute atomic E-state index is 9.46. The summed E-state index contributed by atoms with van der Waals surface area (Å²) in [5.41, 5.74) is 1.10. The molecule has 11 heavy (non-hydrogen) atoms. The fourth-order valence-electron chi connectivity index (χ4n) is 1.06. The monoisotopic (exact) mass is 154 g/mol. The van der Waals surface area contributed by atoms with E-state index in [0.717, 1.165) is 24.8 Å². The fraction of sp³-hybridized carbons (Fsp3) is 0.600. The minimum absolute atomic E-state index is 0.270. The third-order valence-electron chi connectivity index (χ3n) is 1.69. The van der Waals surface area contributed by atoms with E-state index in [9.17, 15) is 5.11 Å². The molecule has 0 rings (SSSR count). The van der Waals surface area contributed by atoms with Crippen molar-refractivity contribution in [2.45, 2.75) is 39.2 Å². The van der Waals surface area contributed by atoms with E-state index >= 15 is 0 Å². The molecule has 0 saturated heterocycles. The Morgan fingerprint density at radius 1 is 1.55 bits per heavy atom. The molecule has 0 fully saturated rings. The van der Waals surface area contributed by atoms with Gasteiger partial charge in [0.05, 0.1) is 6.10 Å². The predicted octanol–water partition coefficient (Wildman–Crippen LogP) is 2.67. The number of allylic oxidation sites excluding steroid dienone is 2. The SMILES string of the molecule is C=C/C=C(\CCC)C(O)CC. The molecule has 0 spiro atoms. The lowest BCUT2D eigenvalue weighted by Crippen LogP contribution is -2.08. The second kappa shape index (κ2) is 6.17. The molecule has 0 radical (unpaired) electrons. The third kappa shape index (κ3) is 3.99. The first-order valence-corrected chi connectivity index (χ1v) is 4.25. The lowest BCUT2D eigenvalue weighted by atomic mass is 10.0. The first-order valence-electron chi connectivity index (χ1n) is 4.25. The van der Waals surface area contributed by atoms with Gasteiger partial charge in [-0.25, -0.2) is 0 Å². The molecule has 0 heterocycles. The molecule has 0 aromatic carbocycles. The van der Waals surface area contributed by atoms with Crippen LogP contribution in [-0.2, 0) is 0 Å². The van der Waals surface area contributed by atoms with Gasteiger partial charge >= 0.3 is 0 Å². The minimum atomic E-state index is -0.270. The molecule has 0 aliphatic rings. The van der Waals surface area contributed by atoms with E-state index in [1.54, 1.807) is 6.08 Å². The summed E-state index contributed by atoms with van der Waals surface area (Å²) >= 11 is 0. The van der Waals surface area contributed by atoms with E-state index in [0.29, 0.717) is 0 Å². The molecule has 1 nitrogen and oxygen atoms in total. The normalized spacial score (nSPS) is 14.6. The molecular formula is C10H18O. The van der Waals surface area contributed by atoms with E-state index in [4.69, 9.17) is 0 Å². The molecular weight excluding hydrogens is 136 g/mol. The van der Waals surface area contributed by atoms with Crippen LogP contribution in [0.5, 0.6) is 0 Å². The van der Waals surface area contributed by atoms with Crippen LogP contribution in [0.2, 0.25) is 0 Å². The Morgan fingerprint density at radius 2 is 2.18 bits per heavy atom. The molecule has 1 atom stereocenters. The van der Waals surface area contributed by atoms with Crippen molar-refractivity contribution in [3.8, 4) is 0 Å². The number of rotatable bonds is 5. The van der Waals surface area contributed by atoms with Crippen LogP contribution >= 0.6 is 0 Å². The van der Waals surface area contributed by atoms with Crippen molar-refractivity contribution in [3.63, 3.8) is 0 Å². The zero-order valence-electron chi connectivity index (χ0n) is 7.51. The van der Waals surface area contributed by atoms with E-state index in [-0.39, 0.29) is 6.10 Å². The van der Waals surface area contributed by atoms with E-state index in [1.807, 2.05) is 13.0 Å². The molecule has 0 aromatic heterocycles. The van der Waals surface area contributed by atoms with Crippen molar-refractivity contribution in [1.29, 1.82) is 0 Å². The smallest absolute Gasteiger partial charge is 0.0750 e. The largest absolute Gasteiger partial charge is 0.389 e. The molecule has 1 heteroatoms. The van der Waals surface area contributed by atoms with E-state index in [2.05, 4.69) is 13.5 Å². The quantitative estimate of drug-likeness (QED) is 0.604. The molecule has 0 aliphatic heterocycles. The van der Waals surface area contributed by atoms with Gasteiger partial charge in [0.15, 0.2) is 0 Å². The minimum Gasteiger partial charge on any atom is -0.389 e. The van der Waals surface area contributed by atoms with Crippen molar-refractivity contribution in [2.75, 3.05) is 0 Å². The molecule has 1 unspecified atom stereocenters. The molecule has 0 aromatic rings. The summed E-state index contributed by atoms with van der Waals surface area (Å²) in [6, 6.07) is 0. The molecule has 64 valence electrons. The van der Waals surface area contributed by atoms with Crippen molar-refractivity contribution >= 4 is 0 Å². The van der Waals surface area contributed by atoms with Gasteiger partial charge in [0.25, 0.3) is 0 Å². The molecule has 0 saturated carbocycles. The van der Waals surface area contributed by atoms with Gasteiger partial charge in [0, 0.05) is 0 Å². The summed E-state index contributed by atoms with van der Waals surface area (Å²) < 4.78 is 0. The van der Waals surface area contributed by atoms with Crippen LogP contribution in [0.1, 0.15) is 33.1 Å². The topological polar surface area (TPSA) is 20.2 Å². The van der Waals surface area contributed by atoms with Crippen molar-refractivity contribution in [3.05, 3.63) is 24.3 Å². The van der Waals surface area contributed by atoms with Gasteiger partial charge < -0.3 is 5.11 Å². The van der Waals surface area contributed by atoms with Crippen molar-refractivity contribution in [1.82, 2.24) is 0 Å². The van der Waals surface area contributed by atoms with Gasteiger partial charge in [-0.1, -0.05) is 39.0 Å². The van der Waals surface area contributed by atoms with Crippen LogP contribution in [0.4, 0.5) is 0 Å². The van der Waals surface area contributed by atoms with Gasteiger partial charge in [0.1, 0.15) is 0 Å². The molecule has 1 N–H and O–H groups in total. The Labute approximate surface area is 69.4 Å². The fourth-order valence-corrected chi connectivity index (χ4v) is 1.06. The second-order valence-electron chi connectivity index (χ2n) is 2.65. The highest BCUT2D eigenvalue weighted by Crippen LogP contribution is 2.12. The zero-order chi connectivity index (χ0) is 8.69. The summed E-state index contributed by atoms with van der Waals surface area (Å²) in [7, 11) is 0. The average molecular weight is 154 g/mol. The molecule has 0 aliphatic carbocycles. The Balaban J connectivity index is 4.08. The Morgan fingerprint density at radius 3 is 2.55 bits per heavy atom. The Kier molecular flexibility index (Phi) is 5.86. The Bertz CT molecular complexity index is 136. The first-order chi connectivity index (χ1) is 5.26. The number of hydrogen-bond acceptors (Lipinski definition) is 1. The number of aliphatic hydroxyl groups excluding tert-OH is 1. The highest BCUT2D eigenvalue weighted by Gasteiger charge is 2.05. The van der Waals surface area contributed by atoms with E-state index < -0.39 is 0 Å². The number of aliphatic hydroxyl groups is 1. The van der Waals surface area contributed by atoms with Crippen molar-refractivity contribution in [2.24, 2.45) is 0 Å². The van der Waals surface area contributed by atoms with Gasteiger partial charge in [0.2, 0.25) is 0 Å². The van der Waals surface area contributed by atoms with Crippen LogP contribution in [0.15, 0.2) is 24.3 Å². The second-order valence-corrected chi connectivity index (χ2v) is 2.65.